The van der Waals surface area contributed by atoms with Crippen LogP contribution in [0.4, 0.5) is 15.3 Å². The second-order valence-electron chi connectivity index (χ2n) is 5.23. The van der Waals surface area contributed by atoms with E-state index in [0.29, 0.717) is 5.56 Å². The van der Waals surface area contributed by atoms with Crippen LogP contribution < -0.4 is 5.32 Å². The van der Waals surface area contributed by atoms with Gasteiger partial charge in [-0.2, -0.15) is 0 Å². The third-order valence-electron chi connectivity index (χ3n) is 3.38. The summed E-state index contributed by atoms with van der Waals surface area (Å²) in [6, 6.07) is 8.99. The van der Waals surface area contributed by atoms with Crippen molar-refractivity contribution in [2.45, 2.75) is 20.8 Å². The molecule has 0 aliphatic rings. The summed E-state index contributed by atoms with van der Waals surface area (Å²) in [5, 5.41) is 4.01. The molecule has 0 bridgehead atoms. The molecule has 0 amide bonds. The number of nitrogens with zero attached hydrogens (tertiary/aromatic N) is 2. The Balaban J connectivity index is 1.92. The molecule has 2 aromatic heterocycles. The summed E-state index contributed by atoms with van der Waals surface area (Å²) in [6.07, 6.45) is 1.77. The number of hydrogen-bond donors (Lipinski definition) is 1. The van der Waals surface area contributed by atoms with Crippen molar-refractivity contribution in [2.75, 3.05) is 5.32 Å². The highest BCUT2D eigenvalue weighted by molar-refractivity contribution is 7.16. The minimum Gasteiger partial charge on any atom is -0.316 e. The Hall–Kier alpha value is -2.27. The van der Waals surface area contributed by atoms with Crippen LogP contribution in [0.3, 0.4) is 0 Å². The van der Waals surface area contributed by atoms with Crippen LogP contribution in [0.5, 0.6) is 0 Å². The van der Waals surface area contributed by atoms with Crippen molar-refractivity contribution in [2.24, 2.45) is 0 Å². The lowest BCUT2D eigenvalue weighted by atomic mass is 10.1. The van der Waals surface area contributed by atoms with Gasteiger partial charge in [-0.05, 0) is 62.2 Å². The smallest absolute Gasteiger partial charge is 0.189 e. The lowest BCUT2D eigenvalue weighted by molar-refractivity contribution is 0.619. The molecule has 0 spiro atoms. The molecule has 3 rings (SSSR count). The normalized spacial score (nSPS) is 10.7. The van der Waals surface area contributed by atoms with Crippen molar-refractivity contribution < 1.29 is 4.39 Å². The maximum atomic E-state index is 13.4. The van der Waals surface area contributed by atoms with Crippen LogP contribution in [0.2, 0.25) is 0 Å². The van der Waals surface area contributed by atoms with Crippen LogP contribution in [-0.4, -0.2) is 9.97 Å². The Morgan fingerprint density at radius 3 is 2.64 bits per heavy atom. The Kier molecular flexibility index (Phi) is 3.90. The van der Waals surface area contributed by atoms with Crippen molar-refractivity contribution in [1.82, 2.24) is 9.97 Å². The Bertz CT molecular complexity index is 827. The van der Waals surface area contributed by atoms with Crippen molar-refractivity contribution in [1.29, 1.82) is 0 Å². The minimum absolute atomic E-state index is 0.195. The predicted octanol–water partition coefficient (Wildman–Crippen LogP) is 5.01. The third-order valence-corrected chi connectivity index (χ3v) is 4.26. The number of rotatable bonds is 3. The average molecular weight is 313 g/mol. The van der Waals surface area contributed by atoms with E-state index in [0.717, 1.165) is 32.6 Å². The zero-order valence-corrected chi connectivity index (χ0v) is 13.5. The largest absolute Gasteiger partial charge is 0.316 e. The average Bonchev–Trinajstić information content (AvgIpc) is 2.82. The molecular formula is C17H16FN3S. The number of halogens is 1. The molecule has 1 N–H and O–H groups in total. The highest BCUT2D eigenvalue weighted by Crippen LogP contribution is 2.32. The van der Waals surface area contributed by atoms with E-state index >= 15 is 0 Å². The molecule has 0 saturated heterocycles. The van der Waals surface area contributed by atoms with Gasteiger partial charge in [0, 0.05) is 16.6 Å². The fourth-order valence-electron chi connectivity index (χ4n) is 2.22. The van der Waals surface area contributed by atoms with E-state index in [1.54, 1.807) is 30.5 Å². The van der Waals surface area contributed by atoms with Gasteiger partial charge in [-0.1, -0.05) is 0 Å². The first-order chi connectivity index (χ1) is 10.5. The van der Waals surface area contributed by atoms with Gasteiger partial charge in [0.25, 0.3) is 0 Å². The van der Waals surface area contributed by atoms with Gasteiger partial charge in [-0.3, -0.25) is 0 Å². The van der Waals surface area contributed by atoms with Crippen LogP contribution in [0.15, 0.2) is 36.5 Å². The summed E-state index contributed by atoms with van der Waals surface area (Å²) in [4.78, 5) is 9.98. The molecule has 5 heteroatoms. The van der Waals surface area contributed by atoms with Crippen molar-refractivity contribution >= 4 is 22.3 Å². The van der Waals surface area contributed by atoms with Crippen molar-refractivity contribution in [3.63, 3.8) is 0 Å². The highest BCUT2D eigenvalue weighted by Gasteiger charge is 2.11. The number of hydrogen-bond acceptors (Lipinski definition) is 4. The maximum Gasteiger partial charge on any atom is 0.189 e. The third kappa shape index (κ3) is 2.99. The summed E-state index contributed by atoms with van der Waals surface area (Å²) in [7, 11) is 0. The molecule has 112 valence electrons. The number of benzene rings is 1. The molecule has 1 aromatic carbocycles. The lowest BCUT2D eigenvalue weighted by Gasteiger charge is -2.02. The van der Waals surface area contributed by atoms with Gasteiger partial charge in [0.2, 0.25) is 0 Å². The molecule has 0 atom stereocenters. The predicted molar refractivity (Wildman–Crippen MR) is 89.2 cm³/mol. The van der Waals surface area contributed by atoms with Gasteiger partial charge in [0.05, 0.1) is 5.69 Å². The second-order valence-corrected chi connectivity index (χ2v) is 6.43. The number of pyridine rings is 1. The van der Waals surface area contributed by atoms with Crippen LogP contribution in [-0.2, 0) is 0 Å². The first-order valence-corrected chi connectivity index (χ1v) is 7.78. The van der Waals surface area contributed by atoms with Crippen LogP contribution in [0.25, 0.3) is 11.3 Å². The highest BCUT2D eigenvalue weighted by atomic mass is 32.1. The van der Waals surface area contributed by atoms with Gasteiger partial charge in [-0.25, -0.2) is 14.4 Å². The number of thiazole rings is 1. The van der Waals surface area contributed by atoms with E-state index in [-0.39, 0.29) is 5.82 Å². The minimum atomic E-state index is -0.195. The summed E-state index contributed by atoms with van der Waals surface area (Å²) in [5.41, 5.74) is 3.57. The fourth-order valence-corrected chi connectivity index (χ4v) is 3.07. The van der Waals surface area contributed by atoms with Crippen molar-refractivity contribution in [3.8, 4) is 11.3 Å². The van der Waals surface area contributed by atoms with Gasteiger partial charge >= 0.3 is 0 Å². The van der Waals surface area contributed by atoms with E-state index in [1.165, 1.54) is 6.07 Å². The van der Waals surface area contributed by atoms with Gasteiger partial charge < -0.3 is 5.32 Å². The summed E-state index contributed by atoms with van der Waals surface area (Å²) in [6.45, 7) is 5.80. The molecule has 0 aliphatic heterocycles. The molecule has 0 saturated carbocycles. The van der Waals surface area contributed by atoms with Crippen LogP contribution in [0, 0.1) is 26.6 Å². The van der Waals surface area contributed by atoms with Crippen LogP contribution in [0.1, 0.15) is 16.0 Å². The zero-order valence-electron chi connectivity index (χ0n) is 12.6. The Morgan fingerprint density at radius 1 is 1.09 bits per heavy atom. The number of aryl methyl sites for hydroxylation is 3. The first kappa shape index (κ1) is 14.7. The summed E-state index contributed by atoms with van der Waals surface area (Å²) in [5.74, 6) is 0.578. The Morgan fingerprint density at radius 2 is 1.91 bits per heavy atom. The van der Waals surface area contributed by atoms with Crippen LogP contribution >= 0.6 is 11.3 Å². The zero-order chi connectivity index (χ0) is 15.7. The molecule has 0 radical (unpaired) electrons. The van der Waals surface area contributed by atoms with E-state index in [9.17, 15) is 4.39 Å². The monoisotopic (exact) mass is 313 g/mol. The van der Waals surface area contributed by atoms with Crippen molar-refractivity contribution in [3.05, 3.63) is 58.3 Å². The SMILES string of the molecule is Cc1ccnc(Nc2nc(-c3ccc(F)c(C)c3)c(C)s2)c1. The second kappa shape index (κ2) is 5.85. The first-order valence-electron chi connectivity index (χ1n) is 6.96. The molecule has 0 aliphatic carbocycles. The lowest BCUT2D eigenvalue weighted by Crippen LogP contribution is -1.93. The number of nitrogens with one attached hydrogen (secondary N) is 1. The quantitative estimate of drug-likeness (QED) is 0.738. The molecule has 3 nitrogen and oxygen atoms in total. The molecule has 22 heavy (non-hydrogen) atoms. The molecular weight excluding hydrogens is 297 g/mol. The molecule has 2 heterocycles. The Labute approximate surface area is 132 Å². The summed E-state index contributed by atoms with van der Waals surface area (Å²) < 4.78 is 13.4. The number of aromatic nitrogens is 2. The molecule has 3 aromatic rings. The van der Waals surface area contributed by atoms with Gasteiger partial charge in [0.15, 0.2) is 5.13 Å². The van der Waals surface area contributed by atoms with E-state index in [1.807, 2.05) is 32.0 Å². The molecule has 0 unspecified atom stereocenters. The maximum absolute atomic E-state index is 13.4. The van der Waals surface area contributed by atoms with E-state index in [4.69, 9.17) is 0 Å². The fraction of sp³-hybridized carbons (Fsp3) is 0.176. The van der Waals surface area contributed by atoms with E-state index < -0.39 is 0 Å². The topological polar surface area (TPSA) is 37.8 Å². The number of anilines is 2. The van der Waals surface area contributed by atoms with Gasteiger partial charge in [-0.15, -0.1) is 11.3 Å². The van der Waals surface area contributed by atoms with Gasteiger partial charge in [0.1, 0.15) is 11.6 Å². The molecule has 0 fully saturated rings. The standard InChI is InChI=1S/C17H16FN3S/c1-10-6-7-19-15(8-10)20-17-21-16(12(3)22-17)13-4-5-14(18)11(2)9-13/h4-9H,1-3H3,(H,19,20,21). The van der Waals surface area contributed by atoms with E-state index in [2.05, 4.69) is 15.3 Å². The summed E-state index contributed by atoms with van der Waals surface area (Å²) >= 11 is 1.56.